The monoisotopic (exact) mass is 204 g/mol. The first-order valence-corrected chi connectivity index (χ1v) is 5.57. The molecule has 1 aromatic rings. The van der Waals surface area contributed by atoms with E-state index in [-0.39, 0.29) is 11.8 Å². The van der Waals surface area contributed by atoms with Crippen molar-refractivity contribution in [2.24, 2.45) is 5.92 Å². The van der Waals surface area contributed by atoms with Crippen LogP contribution >= 0.6 is 0 Å². The molecule has 1 aliphatic carbocycles. The summed E-state index contributed by atoms with van der Waals surface area (Å²) in [4.78, 5) is 11.1. The second-order valence-corrected chi connectivity index (χ2v) is 4.25. The molecule has 0 spiro atoms. The largest absolute Gasteiger partial charge is 0.481 e. The SMILES string of the molecule is O=C(O)[C@@H]1CCCC[C@@H]1c1ccccc1. The number of carboxylic acids is 1. The lowest BCUT2D eigenvalue weighted by Gasteiger charge is -2.28. The number of hydrogen-bond donors (Lipinski definition) is 1. The third-order valence-electron chi connectivity index (χ3n) is 3.31. The molecule has 0 unspecified atom stereocenters. The smallest absolute Gasteiger partial charge is 0.307 e. The van der Waals surface area contributed by atoms with Crippen molar-refractivity contribution in [1.82, 2.24) is 0 Å². The van der Waals surface area contributed by atoms with Crippen LogP contribution in [0.15, 0.2) is 30.3 Å². The van der Waals surface area contributed by atoms with Gasteiger partial charge in [-0.25, -0.2) is 0 Å². The first kappa shape index (κ1) is 10.2. The molecule has 2 atom stereocenters. The average molecular weight is 204 g/mol. The fourth-order valence-corrected chi connectivity index (χ4v) is 2.53. The molecule has 0 saturated heterocycles. The first-order valence-electron chi connectivity index (χ1n) is 5.57. The molecule has 2 heteroatoms. The van der Waals surface area contributed by atoms with Crippen molar-refractivity contribution < 1.29 is 9.90 Å². The van der Waals surface area contributed by atoms with Crippen LogP contribution in [-0.2, 0) is 4.79 Å². The van der Waals surface area contributed by atoms with Crippen molar-refractivity contribution in [2.45, 2.75) is 31.6 Å². The lowest BCUT2D eigenvalue weighted by molar-refractivity contribution is -0.143. The van der Waals surface area contributed by atoms with E-state index in [1.54, 1.807) is 0 Å². The van der Waals surface area contributed by atoms with E-state index in [4.69, 9.17) is 5.11 Å². The van der Waals surface area contributed by atoms with Gasteiger partial charge in [-0.2, -0.15) is 0 Å². The third kappa shape index (κ3) is 2.20. The molecule has 2 rings (SSSR count). The Kier molecular flexibility index (Phi) is 3.05. The van der Waals surface area contributed by atoms with E-state index in [1.165, 1.54) is 5.56 Å². The van der Waals surface area contributed by atoms with E-state index in [2.05, 4.69) is 0 Å². The lowest BCUT2D eigenvalue weighted by atomic mass is 9.75. The Labute approximate surface area is 89.9 Å². The van der Waals surface area contributed by atoms with Gasteiger partial charge < -0.3 is 5.11 Å². The summed E-state index contributed by atoms with van der Waals surface area (Å²) in [5.41, 5.74) is 1.18. The van der Waals surface area contributed by atoms with Gasteiger partial charge in [0.1, 0.15) is 0 Å². The lowest BCUT2D eigenvalue weighted by Crippen LogP contribution is -2.25. The van der Waals surface area contributed by atoms with E-state index in [1.807, 2.05) is 30.3 Å². The molecule has 1 fully saturated rings. The van der Waals surface area contributed by atoms with E-state index < -0.39 is 5.97 Å². The zero-order valence-electron chi connectivity index (χ0n) is 8.73. The summed E-state index contributed by atoms with van der Waals surface area (Å²) < 4.78 is 0. The summed E-state index contributed by atoms with van der Waals surface area (Å²) in [5, 5.41) is 9.17. The Morgan fingerprint density at radius 2 is 1.80 bits per heavy atom. The maximum Gasteiger partial charge on any atom is 0.307 e. The van der Waals surface area contributed by atoms with E-state index in [0.717, 1.165) is 25.7 Å². The summed E-state index contributed by atoms with van der Waals surface area (Å²) in [6, 6.07) is 10.0. The van der Waals surface area contributed by atoms with Crippen LogP contribution < -0.4 is 0 Å². The van der Waals surface area contributed by atoms with Gasteiger partial charge in [-0.15, -0.1) is 0 Å². The number of carbonyl (C=O) groups is 1. The summed E-state index contributed by atoms with van der Waals surface area (Å²) in [6.45, 7) is 0. The fraction of sp³-hybridized carbons (Fsp3) is 0.462. The molecular formula is C13H16O2. The van der Waals surface area contributed by atoms with Gasteiger partial charge in [0.15, 0.2) is 0 Å². The number of carboxylic acid groups (broad SMARTS) is 1. The molecule has 15 heavy (non-hydrogen) atoms. The predicted octanol–water partition coefficient (Wildman–Crippen LogP) is 3.05. The van der Waals surface area contributed by atoms with Gasteiger partial charge in [0.05, 0.1) is 5.92 Å². The molecule has 0 aromatic heterocycles. The van der Waals surface area contributed by atoms with Crippen molar-refractivity contribution in [3.8, 4) is 0 Å². The molecule has 1 aromatic carbocycles. The Morgan fingerprint density at radius 3 is 2.47 bits per heavy atom. The molecule has 0 aliphatic heterocycles. The summed E-state index contributed by atoms with van der Waals surface area (Å²) in [6.07, 6.45) is 4.06. The zero-order chi connectivity index (χ0) is 10.7. The van der Waals surface area contributed by atoms with Crippen LogP contribution in [0.25, 0.3) is 0 Å². The van der Waals surface area contributed by atoms with Gasteiger partial charge in [0.25, 0.3) is 0 Å². The van der Waals surface area contributed by atoms with Crippen molar-refractivity contribution in [2.75, 3.05) is 0 Å². The van der Waals surface area contributed by atoms with Crippen LogP contribution in [-0.4, -0.2) is 11.1 Å². The van der Waals surface area contributed by atoms with Crippen LogP contribution in [0.1, 0.15) is 37.2 Å². The molecule has 0 radical (unpaired) electrons. The highest BCUT2D eigenvalue weighted by Crippen LogP contribution is 2.37. The zero-order valence-corrected chi connectivity index (χ0v) is 8.73. The van der Waals surface area contributed by atoms with Crippen LogP contribution in [0, 0.1) is 5.92 Å². The van der Waals surface area contributed by atoms with Crippen molar-refractivity contribution >= 4 is 5.97 Å². The molecule has 1 saturated carbocycles. The molecule has 1 aliphatic rings. The summed E-state index contributed by atoms with van der Waals surface area (Å²) in [5.74, 6) is -0.595. The Morgan fingerprint density at radius 1 is 1.13 bits per heavy atom. The minimum Gasteiger partial charge on any atom is -0.481 e. The highest BCUT2D eigenvalue weighted by Gasteiger charge is 2.31. The quantitative estimate of drug-likeness (QED) is 0.804. The summed E-state index contributed by atoms with van der Waals surface area (Å²) in [7, 11) is 0. The van der Waals surface area contributed by atoms with Crippen molar-refractivity contribution in [1.29, 1.82) is 0 Å². The van der Waals surface area contributed by atoms with E-state index >= 15 is 0 Å². The molecule has 1 N–H and O–H groups in total. The van der Waals surface area contributed by atoms with Crippen LogP contribution in [0.4, 0.5) is 0 Å². The maximum absolute atomic E-state index is 11.1. The third-order valence-corrected chi connectivity index (χ3v) is 3.31. The first-order chi connectivity index (χ1) is 7.29. The molecule has 0 heterocycles. The normalized spacial score (nSPS) is 26.1. The molecule has 0 bridgehead atoms. The van der Waals surface area contributed by atoms with E-state index in [9.17, 15) is 4.79 Å². The Bertz CT molecular complexity index is 332. The molecular weight excluding hydrogens is 188 g/mol. The van der Waals surface area contributed by atoms with Crippen molar-refractivity contribution in [3.05, 3.63) is 35.9 Å². The second-order valence-electron chi connectivity index (χ2n) is 4.25. The fourth-order valence-electron chi connectivity index (χ4n) is 2.53. The Hall–Kier alpha value is -1.31. The highest BCUT2D eigenvalue weighted by atomic mass is 16.4. The average Bonchev–Trinajstić information content (AvgIpc) is 2.30. The van der Waals surface area contributed by atoms with Gasteiger partial charge in [-0.05, 0) is 24.3 Å². The van der Waals surface area contributed by atoms with Crippen LogP contribution in [0.3, 0.4) is 0 Å². The van der Waals surface area contributed by atoms with Crippen LogP contribution in [0.5, 0.6) is 0 Å². The van der Waals surface area contributed by atoms with Gasteiger partial charge in [-0.1, -0.05) is 43.2 Å². The van der Waals surface area contributed by atoms with Gasteiger partial charge >= 0.3 is 5.97 Å². The van der Waals surface area contributed by atoms with Gasteiger partial charge in [-0.3, -0.25) is 4.79 Å². The standard InChI is InChI=1S/C13H16O2/c14-13(15)12-9-5-4-8-11(12)10-6-2-1-3-7-10/h1-3,6-7,11-12H,4-5,8-9H2,(H,14,15)/t11-,12-/m1/s1. The number of benzene rings is 1. The van der Waals surface area contributed by atoms with Gasteiger partial charge in [0.2, 0.25) is 0 Å². The highest BCUT2D eigenvalue weighted by molar-refractivity contribution is 5.71. The minimum absolute atomic E-state index is 0.179. The summed E-state index contributed by atoms with van der Waals surface area (Å²) >= 11 is 0. The van der Waals surface area contributed by atoms with Crippen LogP contribution in [0.2, 0.25) is 0 Å². The van der Waals surface area contributed by atoms with E-state index in [0.29, 0.717) is 0 Å². The Balaban J connectivity index is 2.22. The van der Waals surface area contributed by atoms with Crippen molar-refractivity contribution in [3.63, 3.8) is 0 Å². The predicted molar refractivity (Wildman–Crippen MR) is 58.8 cm³/mol. The number of aliphatic carboxylic acids is 1. The number of rotatable bonds is 2. The molecule has 2 nitrogen and oxygen atoms in total. The second kappa shape index (κ2) is 4.47. The van der Waals surface area contributed by atoms with Gasteiger partial charge in [0, 0.05) is 0 Å². The molecule has 0 amide bonds. The minimum atomic E-state index is -0.636. The topological polar surface area (TPSA) is 37.3 Å². The number of hydrogen-bond acceptors (Lipinski definition) is 1. The maximum atomic E-state index is 11.1. The molecule has 80 valence electrons.